The number of esters is 1. The molecule has 0 aromatic rings. The zero-order valence-corrected chi connectivity index (χ0v) is 8.39. The third-order valence-electron chi connectivity index (χ3n) is 1.36. The van der Waals surface area contributed by atoms with Gasteiger partial charge in [-0.25, -0.2) is 4.79 Å². The Balaban J connectivity index is 3.88. The highest BCUT2D eigenvalue weighted by Gasteiger charge is 2.01. The zero-order chi connectivity index (χ0) is 9.56. The lowest BCUT2D eigenvalue weighted by molar-refractivity contribution is -0.141. The van der Waals surface area contributed by atoms with Crippen molar-refractivity contribution in [2.24, 2.45) is 0 Å². The van der Waals surface area contributed by atoms with Crippen molar-refractivity contribution < 1.29 is 9.53 Å². The third kappa shape index (κ3) is 5.96. The van der Waals surface area contributed by atoms with Gasteiger partial charge < -0.3 is 4.74 Å². The fraction of sp³-hybridized carbons (Fsp3) is 0.700. The van der Waals surface area contributed by atoms with Crippen LogP contribution in [0.15, 0.2) is 11.6 Å². The lowest BCUT2D eigenvalue weighted by Gasteiger charge is -2.05. The summed E-state index contributed by atoms with van der Waals surface area (Å²) < 4.78 is 4.95. The van der Waals surface area contributed by atoms with Gasteiger partial charge in [0.25, 0.3) is 0 Å². The van der Waals surface area contributed by atoms with Gasteiger partial charge in [-0.05, 0) is 27.2 Å². The molecule has 0 aliphatic rings. The summed E-state index contributed by atoms with van der Waals surface area (Å²) in [4.78, 5) is 11.0. The topological polar surface area (TPSA) is 26.3 Å². The molecule has 2 nitrogen and oxygen atoms in total. The van der Waals surface area contributed by atoms with E-state index < -0.39 is 0 Å². The fourth-order valence-corrected chi connectivity index (χ4v) is 0.934. The molecule has 0 aliphatic heterocycles. The van der Waals surface area contributed by atoms with Crippen molar-refractivity contribution in [2.45, 2.75) is 46.6 Å². The molecule has 0 aliphatic carbocycles. The van der Waals surface area contributed by atoms with Gasteiger partial charge in [-0.1, -0.05) is 18.9 Å². The molecular weight excluding hydrogens is 152 g/mol. The highest BCUT2D eigenvalue weighted by molar-refractivity contribution is 5.82. The van der Waals surface area contributed by atoms with Crippen LogP contribution < -0.4 is 0 Å². The van der Waals surface area contributed by atoms with Gasteiger partial charge in [-0.3, -0.25) is 0 Å². The molecule has 0 spiro atoms. The van der Waals surface area contributed by atoms with Crippen LogP contribution in [0.3, 0.4) is 0 Å². The predicted octanol–water partition coefficient (Wildman–Crippen LogP) is 2.68. The molecule has 0 unspecified atom stereocenters. The van der Waals surface area contributed by atoms with E-state index in [4.69, 9.17) is 4.74 Å². The number of rotatable bonds is 4. The van der Waals surface area contributed by atoms with Crippen LogP contribution in [-0.2, 0) is 9.53 Å². The Hall–Kier alpha value is -0.790. The molecular formula is C10H18O2. The van der Waals surface area contributed by atoms with Gasteiger partial charge in [0.1, 0.15) is 0 Å². The number of carbonyl (C=O) groups excluding carboxylic acids is 1. The second kappa shape index (κ2) is 5.81. The highest BCUT2D eigenvalue weighted by atomic mass is 16.5. The zero-order valence-electron chi connectivity index (χ0n) is 8.39. The van der Waals surface area contributed by atoms with Crippen LogP contribution in [0.25, 0.3) is 0 Å². The molecule has 0 aromatic carbocycles. The summed E-state index contributed by atoms with van der Waals surface area (Å²) in [5.74, 6) is -0.226. The summed E-state index contributed by atoms with van der Waals surface area (Å²) in [6.07, 6.45) is 3.58. The summed E-state index contributed by atoms with van der Waals surface area (Å²) in [7, 11) is 0. The molecule has 0 saturated carbocycles. The number of hydrogen-bond donors (Lipinski definition) is 0. The Labute approximate surface area is 74.6 Å². The minimum absolute atomic E-state index is 0.0248. The summed E-state index contributed by atoms with van der Waals surface area (Å²) in [5, 5.41) is 0. The van der Waals surface area contributed by atoms with Gasteiger partial charge in [0, 0.05) is 6.08 Å². The summed E-state index contributed by atoms with van der Waals surface area (Å²) in [6, 6.07) is 0. The molecule has 0 heterocycles. The molecule has 0 atom stereocenters. The van der Waals surface area contributed by atoms with Crippen molar-refractivity contribution in [3.8, 4) is 0 Å². The van der Waals surface area contributed by atoms with Gasteiger partial charge in [0.2, 0.25) is 0 Å². The average Bonchev–Trinajstić information content (AvgIpc) is 1.84. The Kier molecular flexibility index (Phi) is 5.43. The second-order valence-corrected chi connectivity index (χ2v) is 3.23. The predicted molar refractivity (Wildman–Crippen MR) is 49.9 cm³/mol. The Bertz CT molecular complexity index is 169. The van der Waals surface area contributed by atoms with Crippen molar-refractivity contribution in [2.75, 3.05) is 0 Å². The maximum atomic E-state index is 11.0. The molecule has 0 saturated heterocycles. The van der Waals surface area contributed by atoms with Gasteiger partial charge in [-0.15, -0.1) is 0 Å². The molecule has 0 rings (SSSR count). The van der Waals surface area contributed by atoms with Crippen molar-refractivity contribution in [1.29, 1.82) is 0 Å². The van der Waals surface area contributed by atoms with Gasteiger partial charge >= 0.3 is 5.97 Å². The van der Waals surface area contributed by atoms with Crippen LogP contribution in [-0.4, -0.2) is 12.1 Å². The molecule has 0 amide bonds. The van der Waals surface area contributed by atoms with E-state index in [1.165, 1.54) is 0 Å². The van der Waals surface area contributed by atoms with E-state index >= 15 is 0 Å². The van der Waals surface area contributed by atoms with E-state index in [1.807, 2.05) is 20.8 Å². The molecule has 0 aromatic heterocycles. The summed E-state index contributed by atoms with van der Waals surface area (Å²) in [6.45, 7) is 7.73. The second-order valence-electron chi connectivity index (χ2n) is 3.23. The first kappa shape index (κ1) is 11.2. The van der Waals surface area contributed by atoms with Crippen LogP contribution >= 0.6 is 0 Å². The first-order valence-electron chi connectivity index (χ1n) is 4.44. The van der Waals surface area contributed by atoms with Crippen molar-refractivity contribution in [3.63, 3.8) is 0 Å². The van der Waals surface area contributed by atoms with E-state index in [-0.39, 0.29) is 12.1 Å². The monoisotopic (exact) mass is 170 g/mol. The maximum Gasteiger partial charge on any atom is 0.330 e. The van der Waals surface area contributed by atoms with Crippen LogP contribution in [0.4, 0.5) is 0 Å². The van der Waals surface area contributed by atoms with E-state index in [9.17, 15) is 4.79 Å². The SMILES string of the molecule is CCCC(C)=CC(=O)OC(C)C. The van der Waals surface area contributed by atoms with E-state index in [0.29, 0.717) is 0 Å². The molecule has 12 heavy (non-hydrogen) atoms. The van der Waals surface area contributed by atoms with Crippen LogP contribution in [0.2, 0.25) is 0 Å². The number of hydrogen-bond acceptors (Lipinski definition) is 2. The lowest BCUT2D eigenvalue weighted by atomic mass is 10.2. The third-order valence-corrected chi connectivity index (χ3v) is 1.36. The standard InChI is InChI=1S/C10H18O2/c1-5-6-9(4)7-10(11)12-8(2)3/h7-8H,5-6H2,1-4H3. The number of carbonyl (C=O) groups is 1. The molecule has 0 bridgehead atoms. The van der Waals surface area contributed by atoms with Gasteiger partial charge in [-0.2, -0.15) is 0 Å². The van der Waals surface area contributed by atoms with E-state index in [1.54, 1.807) is 6.08 Å². The molecule has 0 N–H and O–H groups in total. The van der Waals surface area contributed by atoms with Crippen LogP contribution in [0.1, 0.15) is 40.5 Å². The summed E-state index contributed by atoms with van der Waals surface area (Å²) >= 11 is 0. The van der Waals surface area contributed by atoms with Crippen LogP contribution in [0, 0.1) is 0 Å². The Morgan fingerprint density at radius 2 is 2.08 bits per heavy atom. The van der Waals surface area contributed by atoms with Gasteiger partial charge in [0.15, 0.2) is 0 Å². The van der Waals surface area contributed by atoms with Crippen molar-refractivity contribution >= 4 is 5.97 Å². The fourth-order valence-electron chi connectivity index (χ4n) is 0.934. The minimum Gasteiger partial charge on any atom is -0.460 e. The molecule has 70 valence electrons. The van der Waals surface area contributed by atoms with Crippen LogP contribution in [0.5, 0.6) is 0 Å². The van der Waals surface area contributed by atoms with E-state index in [0.717, 1.165) is 18.4 Å². The summed E-state index contributed by atoms with van der Waals surface area (Å²) in [5.41, 5.74) is 1.09. The molecule has 2 heteroatoms. The number of ether oxygens (including phenoxy) is 1. The normalized spacial score (nSPS) is 11.9. The first-order chi connectivity index (χ1) is 5.56. The minimum atomic E-state index is -0.226. The number of allylic oxidation sites excluding steroid dienone is 1. The quantitative estimate of drug-likeness (QED) is 0.479. The lowest BCUT2D eigenvalue weighted by Crippen LogP contribution is -2.08. The van der Waals surface area contributed by atoms with E-state index in [2.05, 4.69) is 6.92 Å². The Morgan fingerprint density at radius 1 is 1.50 bits per heavy atom. The highest BCUT2D eigenvalue weighted by Crippen LogP contribution is 2.03. The maximum absolute atomic E-state index is 11.0. The molecule has 0 radical (unpaired) electrons. The smallest absolute Gasteiger partial charge is 0.330 e. The van der Waals surface area contributed by atoms with Gasteiger partial charge in [0.05, 0.1) is 6.10 Å². The van der Waals surface area contributed by atoms with Crippen molar-refractivity contribution in [3.05, 3.63) is 11.6 Å². The largest absolute Gasteiger partial charge is 0.460 e. The van der Waals surface area contributed by atoms with Crippen molar-refractivity contribution in [1.82, 2.24) is 0 Å². The Morgan fingerprint density at radius 3 is 2.50 bits per heavy atom. The molecule has 0 fully saturated rings. The average molecular weight is 170 g/mol. The first-order valence-corrected chi connectivity index (χ1v) is 4.44.